The van der Waals surface area contributed by atoms with Crippen molar-refractivity contribution in [2.24, 2.45) is 0 Å². The number of aryl methyl sites for hydroxylation is 1. The van der Waals surface area contributed by atoms with Crippen molar-refractivity contribution in [3.8, 4) is 0 Å². The fourth-order valence-electron chi connectivity index (χ4n) is 2.82. The summed E-state index contributed by atoms with van der Waals surface area (Å²) in [7, 11) is -3.87. The molecule has 0 radical (unpaired) electrons. The third-order valence-corrected chi connectivity index (χ3v) is 5.48. The molecule has 2 rings (SSSR count). The van der Waals surface area contributed by atoms with E-state index >= 15 is 0 Å². The van der Waals surface area contributed by atoms with Crippen molar-refractivity contribution >= 4 is 15.7 Å². The van der Waals surface area contributed by atoms with Gasteiger partial charge in [0.2, 0.25) is 10.0 Å². The van der Waals surface area contributed by atoms with Gasteiger partial charge in [0.1, 0.15) is 10.7 Å². The second-order valence-electron chi connectivity index (χ2n) is 5.81. The Hall–Kier alpha value is -1.14. The van der Waals surface area contributed by atoms with Gasteiger partial charge in [0.25, 0.3) is 0 Å². The molecular weight excluding hydrogens is 291 g/mol. The minimum atomic E-state index is -3.87. The van der Waals surface area contributed by atoms with E-state index in [1.54, 1.807) is 0 Å². The summed E-state index contributed by atoms with van der Waals surface area (Å²) in [4.78, 5) is -0.345. The van der Waals surface area contributed by atoms with Crippen molar-refractivity contribution < 1.29 is 12.8 Å². The van der Waals surface area contributed by atoms with Crippen LogP contribution in [0.15, 0.2) is 17.0 Å². The molecule has 0 saturated heterocycles. The van der Waals surface area contributed by atoms with Crippen molar-refractivity contribution in [3.05, 3.63) is 23.5 Å². The summed E-state index contributed by atoms with van der Waals surface area (Å²) in [6.07, 6.45) is 7.10. The Morgan fingerprint density at radius 1 is 1.14 bits per heavy atom. The zero-order valence-electron chi connectivity index (χ0n) is 12.4. The zero-order valence-corrected chi connectivity index (χ0v) is 13.2. The van der Waals surface area contributed by atoms with Gasteiger partial charge < -0.3 is 5.73 Å². The first-order valence-electron chi connectivity index (χ1n) is 7.48. The number of rotatable bonds is 3. The predicted molar refractivity (Wildman–Crippen MR) is 82.0 cm³/mol. The van der Waals surface area contributed by atoms with E-state index in [2.05, 4.69) is 4.72 Å². The molecule has 1 saturated carbocycles. The molecule has 1 aliphatic rings. The van der Waals surface area contributed by atoms with Gasteiger partial charge in [-0.1, -0.05) is 32.1 Å². The van der Waals surface area contributed by atoms with Crippen molar-refractivity contribution in [2.45, 2.75) is 62.8 Å². The lowest BCUT2D eigenvalue weighted by Gasteiger charge is -2.21. The standard InChI is InChI=1S/C15H23FN2O2S/c1-11-9-12(17)10-14(15(11)16)21(19,20)18-13-7-5-3-2-4-6-8-13/h9-10,13,18H,2-8,17H2,1H3. The highest BCUT2D eigenvalue weighted by atomic mass is 32.2. The number of nitrogens with one attached hydrogen (secondary N) is 1. The zero-order chi connectivity index (χ0) is 15.5. The van der Waals surface area contributed by atoms with Gasteiger partial charge in [-0.15, -0.1) is 0 Å². The van der Waals surface area contributed by atoms with Crippen LogP contribution in [0.1, 0.15) is 50.5 Å². The van der Waals surface area contributed by atoms with Crippen molar-refractivity contribution in [1.82, 2.24) is 4.72 Å². The van der Waals surface area contributed by atoms with Crippen LogP contribution in [0.5, 0.6) is 0 Å². The number of hydrogen-bond donors (Lipinski definition) is 2. The van der Waals surface area contributed by atoms with Gasteiger partial charge in [-0.3, -0.25) is 0 Å². The Balaban J connectivity index is 2.21. The Labute approximate surface area is 126 Å². The molecule has 6 heteroatoms. The van der Waals surface area contributed by atoms with Crippen LogP contribution < -0.4 is 10.5 Å². The van der Waals surface area contributed by atoms with Gasteiger partial charge in [-0.05, 0) is 37.5 Å². The Kier molecular flexibility index (Phi) is 5.22. The molecule has 0 bridgehead atoms. The maximum Gasteiger partial charge on any atom is 0.243 e. The first kappa shape index (κ1) is 16.2. The molecule has 0 unspecified atom stereocenters. The highest BCUT2D eigenvalue weighted by Gasteiger charge is 2.25. The third kappa shape index (κ3) is 4.17. The largest absolute Gasteiger partial charge is 0.399 e. The fraction of sp³-hybridized carbons (Fsp3) is 0.600. The van der Waals surface area contributed by atoms with Gasteiger partial charge in [0.05, 0.1) is 0 Å². The maximum atomic E-state index is 14.1. The summed E-state index contributed by atoms with van der Waals surface area (Å²) >= 11 is 0. The van der Waals surface area contributed by atoms with E-state index in [9.17, 15) is 12.8 Å². The molecule has 0 aliphatic heterocycles. The minimum absolute atomic E-state index is 0.114. The van der Waals surface area contributed by atoms with Gasteiger partial charge in [-0.2, -0.15) is 0 Å². The lowest BCUT2D eigenvalue weighted by atomic mass is 9.97. The van der Waals surface area contributed by atoms with Crippen molar-refractivity contribution in [1.29, 1.82) is 0 Å². The first-order valence-corrected chi connectivity index (χ1v) is 8.96. The number of hydrogen-bond acceptors (Lipinski definition) is 3. The summed E-state index contributed by atoms with van der Waals surface area (Å²) in [5, 5.41) is 0. The molecule has 21 heavy (non-hydrogen) atoms. The van der Waals surface area contributed by atoms with E-state index in [0.717, 1.165) is 38.5 Å². The van der Waals surface area contributed by atoms with Crippen LogP contribution in [-0.4, -0.2) is 14.5 Å². The number of benzene rings is 1. The number of nitrogens with two attached hydrogens (primary N) is 1. The van der Waals surface area contributed by atoms with Crippen LogP contribution in [0.3, 0.4) is 0 Å². The summed E-state index contributed by atoms with van der Waals surface area (Å²) < 4.78 is 41.6. The first-order chi connectivity index (χ1) is 9.90. The molecule has 0 amide bonds. The van der Waals surface area contributed by atoms with E-state index in [1.807, 2.05) is 0 Å². The third-order valence-electron chi connectivity index (χ3n) is 3.96. The minimum Gasteiger partial charge on any atom is -0.399 e. The number of anilines is 1. The van der Waals surface area contributed by atoms with Crippen LogP contribution in [0.2, 0.25) is 0 Å². The smallest absolute Gasteiger partial charge is 0.243 e. The van der Waals surface area contributed by atoms with Gasteiger partial charge >= 0.3 is 0 Å². The Bertz CT molecular complexity index is 594. The lowest BCUT2D eigenvalue weighted by molar-refractivity contribution is 0.425. The average Bonchev–Trinajstić information content (AvgIpc) is 2.36. The quantitative estimate of drug-likeness (QED) is 0.842. The molecule has 1 fully saturated rings. The summed E-state index contributed by atoms with van der Waals surface area (Å²) in [5.74, 6) is -0.720. The molecule has 0 atom stereocenters. The summed E-state index contributed by atoms with van der Waals surface area (Å²) in [6, 6.07) is 2.51. The topological polar surface area (TPSA) is 72.2 Å². The molecule has 0 spiro atoms. The maximum absolute atomic E-state index is 14.1. The normalized spacial score (nSPS) is 18.2. The molecule has 1 aromatic rings. The second kappa shape index (κ2) is 6.75. The number of sulfonamides is 1. The van der Waals surface area contributed by atoms with E-state index in [0.29, 0.717) is 0 Å². The van der Waals surface area contributed by atoms with Crippen LogP contribution >= 0.6 is 0 Å². The van der Waals surface area contributed by atoms with E-state index < -0.39 is 15.8 Å². The Morgan fingerprint density at radius 3 is 2.33 bits per heavy atom. The molecule has 1 aromatic carbocycles. The van der Waals surface area contributed by atoms with E-state index in [4.69, 9.17) is 5.73 Å². The number of halogens is 1. The highest BCUT2D eigenvalue weighted by molar-refractivity contribution is 7.89. The number of nitrogen functional groups attached to an aromatic ring is 1. The van der Waals surface area contributed by atoms with Crippen molar-refractivity contribution in [2.75, 3.05) is 5.73 Å². The van der Waals surface area contributed by atoms with Gasteiger partial charge in [0.15, 0.2) is 0 Å². The molecule has 1 aliphatic carbocycles. The molecule has 3 N–H and O–H groups in total. The van der Waals surface area contributed by atoms with Gasteiger partial charge in [0, 0.05) is 11.7 Å². The molecular formula is C15H23FN2O2S. The van der Waals surface area contributed by atoms with Crippen LogP contribution in [0, 0.1) is 12.7 Å². The molecule has 0 aromatic heterocycles. The average molecular weight is 314 g/mol. The van der Waals surface area contributed by atoms with Gasteiger partial charge in [-0.25, -0.2) is 17.5 Å². The highest BCUT2D eigenvalue weighted by Crippen LogP contribution is 2.24. The van der Waals surface area contributed by atoms with E-state index in [1.165, 1.54) is 25.5 Å². The van der Waals surface area contributed by atoms with Crippen LogP contribution in [-0.2, 0) is 10.0 Å². The molecule has 0 heterocycles. The second-order valence-corrected chi connectivity index (χ2v) is 7.50. The monoisotopic (exact) mass is 314 g/mol. The van der Waals surface area contributed by atoms with E-state index in [-0.39, 0.29) is 22.2 Å². The molecule has 118 valence electrons. The summed E-state index contributed by atoms with van der Waals surface area (Å²) in [5.41, 5.74) is 6.14. The Morgan fingerprint density at radius 2 is 1.71 bits per heavy atom. The van der Waals surface area contributed by atoms with Crippen LogP contribution in [0.25, 0.3) is 0 Å². The fourth-order valence-corrected chi connectivity index (χ4v) is 4.31. The lowest BCUT2D eigenvalue weighted by Crippen LogP contribution is -2.35. The SMILES string of the molecule is Cc1cc(N)cc(S(=O)(=O)NC2CCCCCCC2)c1F. The predicted octanol–water partition coefficient (Wildman–Crippen LogP) is 3.11. The van der Waals surface area contributed by atoms with Crippen molar-refractivity contribution in [3.63, 3.8) is 0 Å². The summed E-state index contributed by atoms with van der Waals surface area (Å²) in [6.45, 7) is 1.51. The molecule has 4 nitrogen and oxygen atoms in total. The van der Waals surface area contributed by atoms with Crippen LogP contribution in [0.4, 0.5) is 10.1 Å².